The van der Waals surface area contributed by atoms with Crippen molar-refractivity contribution in [2.24, 2.45) is 16.7 Å². The molecule has 0 bridgehead atoms. The molecule has 1 rings (SSSR count). The van der Waals surface area contributed by atoms with Crippen molar-refractivity contribution in [1.82, 2.24) is 0 Å². The summed E-state index contributed by atoms with van der Waals surface area (Å²) in [5.41, 5.74) is 1.29. The largest absolute Gasteiger partial charge is 0.396 e. The lowest BCUT2D eigenvalue weighted by Gasteiger charge is -2.45. The molecule has 0 amide bonds. The number of allylic oxidation sites excluding steroid dienone is 3. The van der Waals surface area contributed by atoms with Gasteiger partial charge in [-0.1, -0.05) is 45.1 Å². The highest BCUT2D eigenvalue weighted by Gasteiger charge is 2.41. The van der Waals surface area contributed by atoms with Gasteiger partial charge < -0.3 is 5.11 Å². The second kappa shape index (κ2) is 4.13. The van der Waals surface area contributed by atoms with Crippen molar-refractivity contribution < 1.29 is 5.11 Å². The Balaban J connectivity index is 2.91. The SMILES string of the molecule is C=C(C)[C@H]1CC=C[C@@](C)(C(C)(C)CO)C1. The Kier molecular flexibility index (Phi) is 3.44. The zero-order valence-corrected chi connectivity index (χ0v) is 10.5. The maximum Gasteiger partial charge on any atom is 0.0490 e. The second-order valence-electron chi connectivity index (χ2n) is 5.84. The number of rotatable bonds is 3. The summed E-state index contributed by atoms with van der Waals surface area (Å²) in [6.07, 6.45) is 6.74. The quantitative estimate of drug-likeness (QED) is 0.703. The van der Waals surface area contributed by atoms with Gasteiger partial charge in [0, 0.05) is 6.61 Å². The van der Waals surface area contributed by atoms with E-state index in [4.69, 9.17) is 0 Å². The molecule has 86 valence electrons. The highest BCUT2D eigenvalue weighted by molar-refractivity contribution is 5.14. The van der Waals surface area contributed by atoms with Gasteiger partial charge in [0.15, 0.2) is 0 Å². The molecule has 0 saturated carbocycles. The molecule has 0 saturated heterocycles. The van der Waals surface area contributed by atoms with Crippen LogP contribution in [0.25, 0.3) is 0 Å². The maximum atomic E-state index is 9.48. The third kappa shape index (κ3) is 2.34. The lowest BCUT2D eigenvalue weighted by molar-refractivity contribution is 0.0392. The molecular formula is C14H24O. The van der Waals surface area contributed by atoms with E-state index in [2.05, 4.69) is 46.4 Å². The van der Waals surface area contributed by atoms with E-state index in [0.717, 1.165) is 12.8 Å². The van der Waals surface area contributed by atoms with Crippen LogP contribution in [0.3, 0.4) is 0 Å². The first-order valence-electron chi connectivity index (χ1n) is 5.76. The summed E-state index contributed by atoms with van der Waals surface area (Å²) in [6.45, 7) is 12.9. The van der Waals surface area contributed by atoms with Crippen molar-refractivity contribution in [1.29, 1.82) is 0 Å². The lowest BCUT2D eigenvalue weighted by Crippen LogP contribution is -2.39. The summed E-state index contributed by atoms with van der Waals surface area (Å²) in [4.78, 5) is 0. The minimum Gasteiger partial charge on any atom is -0.396 e. The molecule has 1 nitrogen and oxygen atoms in total. The molecule has 0 radical (unpaired) electrons. The summed E-state index contributed by atoms with van der Waals surface area (Å²) in [5, 5.41) is 9.48. The van der Waals surface area contributed by atoms with Crippen molar-refractivity contribution in [2.45, 2.75) is 40.5 Å². The van der Waals surface area contributed by atoms with Crippen molar-refractivity contribution in [3.05, 3.63) is 24.3 Å². The first-order chi connectivity index (χ1) is 6.82. The van der Waals surface area contributed by atoms with Gasteiger partial charge in [-0.25, -0.2) is 0 Å². The molecule has 0 aromatic rings. The van der Waals surface area contributed by atoms with Crippen LogP contribution in [0.2, 0.25) is 0 Å². The third-order valence-electron chi connectivity index (χ3n) is 4.22. The molecule has 15 heavy (non-hydrogen) atoms. The fraction of sp³-hybridized carbons (Fsp3) is 0.714. The fourth-order valence-electron chi connectivity index (χ4n) is 2.21. The van der Waals surface area contributed by atoms with Gasteiger partial charge in [-0.2, -0.15) is 0 Å². The van der Waals surface area contributed by atoms with Crippen LogP contribution >= 0.6 is 0 Å². The van der Waals surface area contributed by atoms with Gasteiger partial charge in [-0.3, -0.25) is 0 Å². The Labute approximate surface area is 93.9 Å². The average Bonchev–Trinajstić information content (AvgIpc) is 2.17. The normalized spacial score (nSPS) is 31.7. The van der Waals surface area contributed by atoms with E-state index in [1.54, 1.807) is 0 Å². The van der Waals surface area contributed by atoms with Crippen LogP contribution in [0.5, 0.6) is 0 Å². The Morgan fingerprint density at radius 3 is 2.67 bits per heavy atom. The second-order valence-corrected chi connectivity index (χ2v) is 5.84. The van der Waals surface area contributed by atoms with Gasteiger partial charge in [0.2, 0.25) is 0 Å². The molecule has 1 aliphatic carbocycles. The van der Waals surface area contributed by atoms with Gasteiger partial charge in [0.1, 0.15) is 0 Å². The van der Waals surface area contributed by atoms with Crippen LogP contribution in [0.1, 0.15) is 40.5 Å². The van der Waals surface area contributed by atoms with E-state index in [0.29, 0.717) is 5.92 Å². The van der Waals surface area contributed by atoms with Crippen LogP contribution in [-0.2, 0) is 0 Å². The molecule has 1 heteroatoms. The van der Waals surface area contributed by atoms with E-state index in [1.807, 2.05) is 0 Å². The summed E-state index contributed by atoms with van der Waals surface area (Å²) in [5.74, 6) is 0.575. The summed E-state index contributed by atoms with van der Waals surface area (Å²) in [6, 6.07) is 0. The molecule has 0 fully saturated rings. The zero-order valence-electron chi connectivity index (χ0n) is 10.5. The maximum absolute atomic E-state index is 9.48. The monoisotopic (exact) mass is 208 g/mol. The van der Waals surface area contributed by atoms with Crippen LogP contribution in [0, 0.1) is 16.7 Å². The molecule has 0 aromatic carbocycles. The summed E-state index contributed by atoms with van der Waals surface area (Å²) >= 11 is 0. The molecule has 0 spiro atoms. The van der Waals surface area contributed by atoms with Crippen molar-refractivity contribution in [2.75, 3.05) is 6.61 Å². The Morgan fingerprint density at radius 2 is 2.20 bits per heavy atom. The van der Waals surface area contributed by atoms with Crippen molar-refractivity contribution in [3.63, 3.8) is 0 Å². The predicted octanol–water partition coefficient (Wildman–Crippen LogP) is 3.55. The molecule has 0 aromatic heterocycles. The number of hydrogen-bond acceptors (Lipinski definition) is 1. The Hall–Kier alpha value is -0.560. The molecule has 2 atom stereocenters. The van der Waals surface area contributed by atoms with Gasteiger partial charge in [0.25, 0.3) is 0 Å². The zero-order chi connectivity index (χ0) is 11.7. The fourth-order valence-corrected chi connectivity index (χ4v) is 2.21. The first-order valence-corrected chi connectivity index (χ1v) is 5.76. The van der Waals surface area contributed by atoms with Crippen LogP contribution in [0.15, 0.2) is 24.3 Å². The number of aliphatic hydroxyl groups excluding tert-OH is 1. The minimum atomic E-state index is -0.0579. The van der Waals surface area contributed by atoms with E-state index >= 15 is 0 Å². The molecular weight excluding hydrogens is 184 g/mol. The highest BCUT2D eigenvalue weighted by Crippen LogP contribution is 2.48. The standard InChI is InChI=1S/C14H24O/c1-11(2)12-7-6-8-14(5,9-12)13(3,4)10-15/h6,8,12,15H,1,7,9-10H2,2-5H3/t12-,14+/m0/s1. The third-order valence-corrected chi connectivity index (χ3v) is 4.22. The van der Waals surface area contributed by atoms with Gasteiger partial charge >= 0.3 is 0 Å². The van der Waals surface area contributed by atoms with Gasteiger partial charge in [0.05, 0.1) is 0 Å². The highest BCUT2D eigenvalue weighted by atomic mass is 16.3. The molecule has 0 aliphatic heterocycles. The first kappa shape index (κ1) is 12.5. The number of aliphatic hydroxyl groups is 1. The number of hydrogen-bond donors (Lipinski definition) is 1. The van der Waals surface area contributed by atoms with E-state index < -0.39 is 0 Å². The smallest absolute Gasteiger partial charge is 0.0490 e. The molecule has 0 heterocycles. The molecule has 1 N–H and O–H groups in total. The van der Waals surface area contributed by atoms with Crippen molar-refractivity contribution >= 4 is 0 Å². The predicted molar refractivity (Wildman–Crippen MR) is 65.7 cm³/mol. The Bertz CT molecular complexity index is 275. The van der Waals surface area contributed by atoms with Gasteiger partial charge in [-0.05, 0) is 36.5 Å². The van der Waals surface area contributed by atoms with Crippen molar-refractivity contribution in [3.8, 4) is 0 Å². The van der Waals surface area contributed by atoms with Crippen LogP contribution in [-0.4, -0.2) is 11.7 Å². The topological polar surface area (TPSA) is 20.2 Å². The van der Waals surface area contributed by atoms with Crippen LogP contribution < -0.4 is 0 Å². The average molecular weight is 208 g/mol. The van der Waals surface area contributed by atoms with Crippen LogP contribution in [0.4, 0.5) is 0 Å². The molecule has 0 unspecified atom stereocenters. The Morgan fingerprint density at radius 1 is 1.60 bits per heavy atom. The van der Waals surface area contributed by atoms with Gasteiger partial charge in [-0.15, -0.1) is 0 Å². The van der Waals surface area contributed by atoms with E-state index in [9.17, 15) is 5.11 Å². The van der Waals surface area contributed by atoms with E-state index in [-0.39, 0.29) is 17.4 Å². The molecule has 1 aliphatic rings. The summed E-state index contributed by atoms with van der Waals surface area (Å²) < 4.78 is 0. The summed E-state index contributed by atoms with van der Waals surface area (Å²) in [7, 11) is 0. The van der Waals surface area contributed by atoms with E-state index in [1.165, 1.54) is 5.57 Å². The minimum absolute atomic E-state index is 0.0579. The lowest BCUT2D eigenvalue weighted by atomic mass is 9.60.